The van der Waals surface area contributed by atoms with Crippen LogP contribution >= 0.6 is 11.3 Å². The van der Waals surface area contributed by atoms with E-state index in [0.717, 1.165) is 38.2 Å². The van der Waals surface area contributed by atoms with Gasteiger partial charge in [0.15, 0.2) is 6.61 Å². The van der Waals surface area contributed by atoms with Crippen LogP contribution in [0, 0.1) is 20.8 Å². The number of aromatic nitrogens is 2. The number of hydrogen-bond donors (Lipinski definition) is 1. The molecule has 5 nitrogen and oxygen atoms in total. The van der Waals surface area contributed by atoms with Crippen molar-refractivity contribution in [3.05, 3.63) is 70.9 Å². The first-order valence-electron chi connectivity index (χ1n) is 9.30. The fourth-order valence-corrected chi connectivity index (χ4v) is 4.00. The van der Waals surface area contributed by atoms with Crippen molar-refractivity contribution in [3.63, 3.8) is 0 Å². The van der Waals surface area contributed by atoms with E-state index in [0.29, 0.717) is 5.88 Å². The van der Waals surface area contributed by atoms with Gasteiger partial charge in [-0.05, 0) is 43.5 Å². The van der Waals surface area contributed by atoms with Crippen molar-refractivity contribution < 1.29 is 9.53 Å². The standard InChI is InChI=1S/C23H21N3O2S/c1-14-5-8-17(9-6-14)18-12-29-23-21(18)22(24-13-25-23)28-11-20(27)26-19-10-15(2)4-7-16(19)3/h4-10,12-13H,11H2,1-3H3,(H,26,27). The molecule has 6 heteroatoms. The summed E-state index contributed by atoms with van der Waals surface area (Å²) in [5, 5.41) is 5.79. The number of nitrogens with zero attached hydrogens (tertiary/aromatic N) is 2. The molecule has 1 N–H and O–H groups in total. The Morgan fingerprint density at radius 1 is 1.03 bits per heavy atom. The highest BCUT2D eigenvalue weighted by Crippen LogP contribution is 2.37. The summed E-state index contributed by atoms with van der Waals surface area (Å²) >= 11 is 1.54. The van der Waals surface area contributed by atoms with E-state index in [2.05, 4.69) is 46.5 Å². The number of fused-ring (bicyclic) bond motifs is 1. The quantitative estimate of drug-likeness (QED) is 0.491. The molecule has 146 valence electrons. The number of aryl methyl sites for hydroxylation is 3. The molecule has 0 fully saturated rings. The Morgan fingerprint density at radius 3 is 2.59 bits per heavy atom. The second-order valence-electron chi connectivity index (χ2n) is 7.03. The number of carbonyl (C=O) groups is 1. The largest absolute Gasteiger partial charge is 0.467 e. The maximum atomic E-state index is 12.4. The van der Waals surface area contributed by atoms with Crippen LogP contribution in [0.5, 0.6) is 5.88 Å². The highest BCUT2D eigenvalue weighted by atomic mass is 32.1. The number of thiophene rings is 1. The molecule has 2 aromatic heterocycles. The minimum absolute atomic E-state index is 0.122. The van der Waals surface area contributed by atoms with Gasteiger partial charge in [0.05, 0.1) is 5.39 Å². The summed E-state index contributed by atoms with van der Waals surface area (Å²) in [6, 6.07) is 14.2. The summed E-state index contributed by atoms with van der Waals surface area (Å²) in [7, 11) is 0. The van der Waals surface area contributed by atoms with Gasteiger partial charge in [-0.25, -0.2) is 9.97 Å². The number of rotatable bonds is 5. The van der Waals surface area contributed by atoms with Crippen molar-refractivity contribution >= 4 is 33.1 Å². The lowest BCUT2D eigenvalue weighted by molar-refractivity contribution is -0.118. The van der Waals surface area contributed by atoms with Gasteiger partial charge in [-0.1, -0.05) is 42.0 Å². The van der Waals surface area contributed by atoms with Crippen LogP contribution in [0.2, 0.25) is 0 Å². The van der Waals surface area contributed by atoms with Gasteiger partial charge in [0, 0.05) is 16.6 Å². The Hall–Kier alpha value is -3.25. The predicted molar refractivity (Wildman–Crippen MR) is 118 cm³/mol. The maximum absolute atomic E-state index is 12.4. The summed E-state index contributed by atoms with van der Waals surface area (Å²) in [6.07, 6.45) is 1.47. The highest BCUT2D eigenvalue weighted by molar-refractivity contribution is 7.17. The lowest BCUT2D eigenvalue weighted by Gasteiger charge is -2.11. The lowest BCUT2D eigenvalue weighted by atomic mass is 10.0. The van der Waals surface area contributed by atoms with Gasteiger partial charge in [-0.15, -0.1) is 11.3 Å². The summed E-state index contributed by atoms with van der Waals surface area (Å²) in [5.74, 6) is 0.195. The van der Waals surface area contributed by atoms with Crippen LogP contribution in [0.15, 0.2) is 54.2 Å². The van der Waals surface area contributed by atoms with E-state index in [4.69, 9.17) is 4.74 Å². The van der Waals surface area contributed by atoms with Crippen molar-refractivity contribution in [2.24, 2.45) is 0 Å². The topological polar surface area (TPSA) is 64.1 Å². The average molecular weight is 404 g/mol. The van der Waals surface area contributed by atoms with E-state index in [9.17, 15) is 4.79 Å². The van der Waals surface area contributed by atoms with Gasteiger partial charge in [0.2, 0.25) is 5.88 Å². The molecule has 29 heavy (non-hydrogen) atoms. The second-order valence-corrected chi connectivity index (χ2v) is 7.89. The first kappa shape index (κ1) is 19.1. The number of nitrogens with one attached hydrogen (secondary N) is 1. The molecule has 0 spiro atoms. The third kappa shape index (κ3) is 4.12. The molecule has 0 aliphatic rings. The molecule has 2 heterocycles. The van der Waals surface area contributed by atoms with Crippen LogP contribution in [0.25, 0.3) is 21.3 Å². The van der Waals surface area contributed by atoms with E-state index in [1.54, 1.807) is 0 Å². The average Bonchev–Trinajstić information content (AvgIpc) is 3.14. The number of hydrogen-bond acceptors (Lipinski definition) is 5. The Morgan fingerprint density at radius 2 is 1.79 bits per heavy atom. The molecule has 2 aromatic carbocycles. The molecular formula is C23H21N3O2S. The van der Waals surface area contributed by atoms with E-state index < -0.39 is 0 Å². The van der Waals surface area contributed by atoms with Gasteiger partial charge in [-0.3, -0.25) is 4.79 Å². The predicted octanol–water partition coefficient (Wildman–Crippen LogP) is 5.30. The van der Waals surface area contributed by atoms with Crippen LogP contribution in [-0.2, 0) is 4.79 Å². The zero-order chi connectivity index (χ0) is 20.4. The molecule has 4 rings (SSSR count). The van der Waals surface area contributed by atoms with Gasteiger partial charge >= 0.3 is 0 Å². The number of benzene rings is 2. The molecule has 0 atom stereocenters. The monoisotopic (exact) mass is 403 g/mol. The van der Waals surface area contributed by atoms with Crippen molar-refractivity contribution in [2.75, 3.05) is 11.9 Å². The normalized spacial score (nSPS) is 10.9. The minimum atomic E-state index is -0.224. The van der Waals surface area contributed by atoms with Crippen LogP contribution in [0.3, 0.4) is 0 Å². The van der Waals surface area contributed by atoms with Crippen LogP contribution < -0.4 is 10.1 Å². The SMILES string of the molecule is Cc1ccc(-c2csc3ncnc(OCC(=O)Nc4cc(C)ccc4C)c23)cc1. The van der Waals surface area contributed by atoms with E-state index in [1.165, 1.54) is 23.2 Å². The number of ether oxygens (including phenoxy) is 1. The van der Waals surface area contributed by atoms with Crippen LogP contribution in [0.1, 0.15) is 16.7 Å². The third-order valence-corrected chi connectivity index (χ3v) is 5.59. The summed E-state index contributed by atoms with van der Waals surface area (Å²) in [5.41, 5.74) is 6.17. The summed E-state index contributed by atoms with van der Waals surface area (Å²) in [4.78, 5) is 21.9. The highest BCUT2D eigenvalue weighted by Gasteiger charge is 2.15. The van der Waals surface area contributed by atoms with Gasteiger partial charge in [-0.2, -0.15) is 0 Å². The Labute approximate surface area is 173 Å². The zero-order valence-electron chi connectivity index (χ0n) is 16.5. The van der Waals surface area contributed by atoms with Crippen molar-refractivity contribution in [1.82, 2.24) is 9.97 Å². The fourth-order valence-electron chi connectivity index (χ4n) is 3.09. The second kappa shape index (κ2) is 8.01. The Balaban J connectivity index is 1.56. The number of anilines is 1. The molecule has 0 aliphatic heterocycles. The zero-order valence-corrected chi connectivity index (χ0v) is 17.3. The summed E-state index contributed by atoms with van der Waals surface area (Å²) in [6.45, 7) is 5.89. The molecule has 0 bridgehead atoms. The first-order valence-corrected chi connectivity index (χ1v) is 10.2. The number of carbonyl (C=O) groups excluding carboxylic acids is 1. The van der Waals surface area contributed by atoms with Crippen LogP contribution in [-0.4, -0.2) is 22.5 Å². The maximum Gasteiger partial charge on any atom is 0.262 e. The Kier molecular flexibility index (Phi) is 5.27. The fraction of sp³-hybridized carbons (Fsp3) is 0.174. The van der Waals surface area contributed by atoms with E-state index in [-0.39, 0.29) is 12.5 Å². The Bertz CT molecular complexity index is 1180. The van der Waals surface area contributed by atoms with Crippen LogP contribution in [0.4, 0.5) is 5.69 Å². The molecule has 0 saturated heterocycles. The molecule has 4 aromatic rings. The molecule has 0 unspecified atom stereocenters. The van der Waals surface area contributed by atoms with E-state index in [1.807, 2.05) is 37.4 Å². The molecular weight excluding hydrogens is 382 g/mol. The third-order valence-electron chi connectivity index (χ3n) is 4.71. The van der Waals surface area contributed by atoms with Crippen molar-refractivity contribution in [2.45, 2.75) is 20.8 Å². The molecule has 0 aliphatic carbocycles. The molecule has 0 radical (unpaired) electrons. The van der Waals surface area contributed by atoms with Gasteiger partial charge < -0.3 is 10.1 Å². The van der Waals surface area contributed by atoms with Crippen molar-refractivity contribution in [1.29, 1.82) is 0 Å². The van der Waals surface area contributed by atoms with Crippen molar-refractivity contribution in [3.8, 4) is 17.0 Å². The number of amides is 1. The lowest BCUT2D eigenvalue weighted by Crippen LogP contribution is -2.21. The van der Waals surface area contributed by atoms with Gasteiger partial charge in [0.25, 0.3) is 5.91 Å². The minimum Gasteiger partial charge on any atom is -0.467 e. The van der Waals surface area contributed by atoms with E-state index >= 15 is 0 Å². The smallest absolute Gasteiger partial charge is 0.262 e. The van der Waals surface area contributed by atoms with Gasteiger partial charge in [0.1, 0.15) is 11.2 Å². The molecule has 0 saturated carbocycles. The first-order chi connectivity index (χ1) is 14.0. The summed E-state index contributed by atoms with van der Waals surface area (Å²) < 4.78 is 5.81. The molecule has 1 amide bonds.